The lowest BCUT2D eigenvalue weighted by molar-refractivity contribution is 0.0680. The molecule has 5 heterocycles. The van der Waals surface area contributed by atoms with Gasteiger partial charge in [-0.15, -0.1) is 0 Å². The van der Waals surface area contributed by atoms with Crippen LogP contribution in [0.1, 0.15) is 87.0 Å². The van der Waals surface area contributed by atoms with Crippen molar-refractivity contribution in [2.45, 2.75) is 0 Å². The number of carboxylic acids is 4. The van der Waals surface area contributed by atoms with E-state index < -0.39 is 23.9 Å². The fourth-order valence-electron chi connectivity index (χ4n) is 4.20. The van der Waals surface area contributed by atoms with Crippen molar-refractivity contribution < 1.29 is 39.6 Å². The van der Waals surface area contributed by atoms with Gasteiger partial charge >= 0.3 is 23.9 Å². The van der Waals surface area contributed by atoms with E-state index in [0.717, 1.165) is 0 Å². The summed E-state index contributed by atoms with van der Waals surface area (Å²) in [5.41, 5.74) is 3.45. The van der Waals surface area contributed by atoms with Gasteiger partial charge in [-0.1, -0.05) is 48.6 Å². The average Bonchev–Trinajstić information content (AvgIpc) is 3.12. The molecule has 0 aliphatic heterocycles. The van der Waals surface area contributed by atoms with Gasteiger partial charge < -0.3 is 20.4 Å². The van der Waals surface area contributed by atoms with E-state index in [4.69, 9.17) is 9.97 Å². The normalized spacial score (nSPS) is 11.5. The quantitative estimate of drug-likeness (QED) is 0.128. The second-order valence-electron chi connectivity index (χ2n) is 10.2. The third-order valence-corrected chi connectivity index (χ3v) is 6.76. The van der Waals surface area contributed by atoms with Crippen LogP contribution in [0.15, 0.2) is 73.3 Å². The highest BCUT2D eigenvalue weighted by atomic mass is 16.4. The van der Waals surface area contributed by atoms with Crippen LogP contribution in [0, 0.1) is 0 Å². The molecule has 0 amide bonds. The monoisotopic (exact) mass is 668 g/mol. The molecule has 0 saturated heterocycles. The molecule has 0 aliphatic rings. The molecule has 0 atom stereocenters. The Kier molecular flexibility index (Phi) is 10.4. The van der Waals surface area contributed by atoms with Crippen LogP contribution in [0.2, 0.25) is 0 Å². The molecule has 246 valence electrons. The highest BCUT2D eigenvalue weighted by Gasteiger charge is 2.10. The Bertz CT molecular complexity index is 1880. The van der Waals surface area contributed by atoms with Crippen molar-refractivity contribution in [3.8, 4) is 0 Å². The molecule has 0 spiro atoms. The second kappa shape index (κ2) is 15.4. The van der Waals surface area contributed by atoms with Crippen molar-refractivity contribution in [1.82, 2.24) is 29.9 Å². The summed E-state index contributed by atoms with van der Waals surface area (Å²) in [6.07, 6.45) is 19.0. The van der Waals surface area contributed by atoms with Gasteiger partial charge in [-0.25, -0.2) is 49.1 Å². The van der Waals surface area contributed by atoms with E-state index >= 15 is 0 Å². The minimum atomic E-state index is -1.16. The standard InChI is InChI=1S/C36H24N6O8/c43-33(44)29-13-5-21(17-37-29)1-9-25-26(10-2-22-6-14-30(34(45)46)38-18-22)42-28(12-4-24-8-16-32(36(49)50)40-20-24)27(41-25)11-3-23-7-15-31(35(47)48)39-19-23/h1-20H,(H,43,44)(H,45,46)(H,47,48)(H,49,50). The topological polar surface area (TPSA) is 227 Å². The molecular weight excluding hydrogens is 644 g/mol. The van der Waals surface area contributed by atoms with Gasteiger partial charge in [0.1, 0.15) is 22.8 Å². The van der Waals surface area contributed by atoms with Crippen molar-refractivity contribution in [2.75, 3.05) is 0 Å². The maximum atomic E-state index is 11.2. The van der Waals surface area contributed by atoms with Gasteiger partial charge in [0.25, 0.3) is 0 Å². The molecule has 0 bridgehead atoms. The van der Waals surface area contributed by atoms with Gasteiger partial charge in [-0.2, -0.15) is 0 Å². The van der Waals surface area contributed by atoms with E-state index in [9.17, 15) is 39.6 Å². The van der Waals surface area contributed by atoms with E-state index in [2.05, 4.69) is 19.9 Å². The molecule has 50 heavy (non-hydrogen) atoms. The average molecular weight is 669 g/mol. The van der Waals surface area contributed by atoms with E-state index in [0.29, 0.717) is 45.0 Å². The number of aromatic carboxylic acids is 4. The predicted molar refractivity (Wildman–Crippen MR) is 183 cm³/mol. The lowest BCUT2D eigenvalue weighted by atomic mass is 10.1. The number of hydrogen-bond donors (Lipinski definition) is 4. The van der Waals surface area contributed by atoms with Crippen LogP contribution in [-0.4, -0.2) is 74.2 Å². The Morgan fingerprint density at radius 2 is 0.580 bits per heavy atom. The van der Waals surface area contributed by atoms with Crippen molar-refractivity contribution in [3.63, 3.8) is 0 Å². The second-order valence-corrected chi connectivity index (χ2v) is 10.2. The summed E-state index contributed by atoms with van der Waals surface area (Å²) in [6, 6.07) is 11.8. The Balaban J connectivity index is 1.60. The molecule has 0 saturated carbocycles. The molecular formula is C36H24N6O8. The Hall–Kier alpha value is -7.48. The van der Waals surface area contributed by atoms with Gasteiger partial charge in [0.05, 0.1) is 22.8 Å². The van der Waals surface area contributed by atoms with Crippen LogP contribution in [0.25, 0.3) is 48.6 Å². The highest BCUT2D eigenvalue weighted by Crippen LogP contribution is 2.20. The first-order valence-corrected chi connectivity index (χ1v) is 14.5. The van der Waals surface area contributed by atoms with E-state index in [-0.39, 0.29) is 22.8 Å². The molecule has 14 heteroatoms. The van der Waals surface area contributed by atoms with Crippen LogP contribution in [0.3, 0.4) is 0 Å². The molecule has 5 rings (SSSR count). The van der Waals surface area contributed by atoms with E-state index in [1.165, 1.54) is 49.1 Å². The van der Waals surface area contributed by atoms with Crippen LogP contribution in [0.5, 0.6) is 0 Å². The van der Waals surface area contributed by atoms with Crippen LogP contribution < -0.4 is 0 Å². The highest BCUT2D eigenvalue weighted by molar-refractivity contribution is 5.88. The molecule has 5 aromatic heterocycles. The van der Waals surface area contributed by atoms with Gasteiger partial charge in [-0.3, -0.25) is 0 Å². The van der Waals surface area contributed by atoms with Gasteiger partial charge in [0.15, 0.2) is 0 Å². The Labute approximate surface area is 282 Å². The lowest BCUT2D eigenvalue weighted by Gasteiger charge is -2.07. The minimum Gasteiger partial charge on any atom is -0.477 e. The third kappa shape index (κ3) is 8.86. The number of hydrogen-bond acceptors (Lipinski definition) is 10. The van der Waals surface area contributed by atoms with Gasteiger partial charge in [0, 0.05) is 24.8 Å². The fraction of sp³-hybridized carbons (Fsp3) is 0. The number of nitrogens with zero attached hydrogens (tertiary/aromatic N) is 6. The van der Waals surface area contributed by atoms with Crippen LogP contribution >= 0.6 is 0 Å². The van der Waals surface area contributed by atoms with E-state index in [1.807, 2.05) is 0 Å². The first-order valence-electron chi connectivity index (χ1n) is 14.5. The molecule has 0 unspecified atom stereocenters. The van der Waals surface area contributed by atoms with Crippen molar-refractivity contribution in [1.29, 1.82) is 0 Å². The lowest BCUT2D eigenvalue weighted by Crippen LogP contribution is -2.01. The maximum absolute atomic E-state index is 11.2. The fourth-order valence-corrected chi connectivity index (χ4v) is 4.20. The number of pyridine rings is 4. The molecule has 0 fully saturated rings. The smallest absolute Gasteiger partial charge is 0.354 e. The molecule has 4 N–H and O–H groups in total. The molecule has 5 aromatic rings. The summed E-state index contributed by atoms with van der Waals surface area (Å²) in [5.74, 6) is -4.64. The zero-order valence-electron chi connectivity index (χ0n) is 25.7. The summed E-state index contributed by atoms with van der Waals surface area (Å²) in [5, 5.41) is 36.7. The van der Waals surface area contributed by atoms with E-state index in [1.54, 1.807) is 72.9 Å². The summed E-state index contributed by atoms with van der Waals surface area (Å²) in [7, 11) is 0. The van der Waals surface area contributed by atoms with Crippen LogP contribution in [-0.2, 0) is 0 Å². The number of rotatable bonds is 12. The molecule has 0 aromatic carbocycles. The molecule has 0 radical (unpaired) electrons. The third-order valence-electron chi connectivity index (χ3n) is 6.76. The summed E-state index contributed by atoms with van der Waals surface area (Å²) >= 11 is 0. The van der Waals surface area contributed by atoms with Crippen LogP contribution in [0.4, 0.5) is 0 Å². The van der Waals surface area contributed by atoms with Gasteiger partial charge in [-0.05, 0) is 70.8 Å². The Morgan fingerprint density at radius 1 is 0.360 bits per heavy atom. The summed E-state index contributed by atoms with van der Waals surface area (Å²) in [6.45, 7) is 0. The molecule has 14 nitrogen and oxygen atoms in total. The zero-order chi connectivity index (χ0) is 35.6. The van der Waals surface area contributed by atoms with Crippen molar-refractivity contribution in [2.24, 2.45) is 0 Å². The van der Waals surface area contributed by atoms with Gasteiger partial charge in [0.2, 0.25) is 0 Å². The number of carboxylic acid groups (broad SMARTS) is 4. The predicted octanol–water partition coefficient (Wildman–Crippen LogP) is 5.53. The number of aromatic nitrogens is 6. The largest absolute Gasteiger partial charge is 0.477 e. The summed E-state index contributed by atoms with van der Waals surface area (Å²) < 4.78 is 0. The number of carbonyl (C=O) groups is 4. The SMILES string of the molecule is O=C(O)c1ccc(C=Cc2nc(C=Cc3ccc(C(=O)O)nc3)c(C=Cc3ccc(C(=O)O)nc3)nc2C=Cc2ccc(C(=O)O)nc2)cn1. The Morgan fingerprint density at radius 3 is 0.740 bits per heavy atom. The summed E-state index contributed by atoms with van der Waals surface area (Å²) in [4.78, 5) is 70.4. The van der Waals surface area contributed by atoms with Crippen molar-refractivity contribution in [3.05, 3.63) is 141 Å². The minimum absolute atomic E-state index is 0.115. The maximum Gasteiger partial charge on any atom is 0.354 e. The molecule has 0 aliphatic carbocycles. The zero-order valence-corrected chi connectivity index (χ0v) is 25.7. The first-order chi connectivity index (χ1) is 24.0. The first kappa shape index (κ1) is 33.9. The van der Waals surface area contributed by atoms with Crippen molar-refractivity contribution >= 4 is 72.5 Å².